The van der Waals surface area contributed by atoms with Crippen molar-refractivity contribution >= 4 is 29.1 Å². The van der Waals surface area contributed by atoms with Crippen molar-refractivity contribution in [3.63, 3.8) is 0 Å². The summed E-state index contributed by atoms with van der Waals surface area (Å²) in [5.41, 5.74) is 8.33. The van der Waals surface area contributed by atoms with Gasteiger partial charge in [-0.3, -0.25) is 14.4 Å². The molecule has 8 heteroatoms. The van der Waals surface area contributed by atoms with E-state index in [2.05, 4.69) is 10.6 Å². The first-order valence-corrected chi connectivity index (χ1v) is 11.5. The second-order valence-electron chi connectivity index (χ2n) is 8.35. The number of carbonyl (C=O) groups excluding carboxylic acids is 3. The van der Waals surface area contributed by atoms with Crippen LogP contribution in [0.4, 0.5) is 15.8 Å². The van der Waals surface area contributed by atoms with Crippen molar-refractivity contribution in [2.24, 2.45) is 5.73 Å². The molecule has 3 aromatic carbocycles. The smallest absolute Gasteiger partial charge is 0.251 e. The largest absolute Gasteiger partial charge is 0.351 e. The number of amides is 3. The van der Waals surface area contributed by atoms with Gasteiger partial charge in [0.25, 0.3) is 5.91 Å². The monoisotopic (exact) mass is 474 g/mol. The number of hydrogen-bond acceptors (Lipinski definition) is 4. The molecule has 0 saturated heterocycles. The average Bonchev–Trinajstić information content (AvgIpc) is 3.02. The molecule has 0 saturated carbocycles. The lowest BCUT2D eigenvalue weighted by molar-refractivity contribution is -0.119. The third-order valence-corrected chi connectivity index (χ3v) is 5.91. The highest BCUT2D eigenvalue weighted by Gasteiger charge is 2.33. The predicted molar refractivity (Wildman–Crippen MR) is 132 cm³/mol. The summed E-state index contributed by atoms with van der Waals surface area (Å²) in [4.78, 5) is 40.5. The van der Waals surface area contributed by atoms with Crippen LogP contribution in [-0.2, 0) is 16.0 Å². The van der Waals surface area contributed by atoms with Crippen molar-refractivity contribution in [2.45, 2.75) is 25.3 Å². The van der Waals surface area contributed by atoms with E-state index in [1.54, 1.807) is 35.2 Å². The molecular weight excluding hydrogens is 447 g/mol. The third-order valence-electron chi connectivity index (χ3n) is 5.91. The van der Waals surface area contributed by atoms with Gasteiger partial charge in [-0.05, 0) is 47.9 Å². The van der Waals surface area contributed by atoms with Crippen molar-refractivity contribution < 1.29 is 18.8 Å². The molecule has 1 atom stereocenters. The Morgan fingerprint density at radius 2 is 1.80 bits per heavy atom. The minimum absolute atomic E-state index is 0.00784. The van der Waals surface area contributed by atoms with E-state index in [4.69, 9.17) is 5.73 Å². The van der Waals surface area contributed by atoms with Gasteiger partial charge in [-0.2, -0.15) is 0 Å². The molecule has 4 rings (SSSR count). The number of benzene rings is 3. The lowest BCUT2D eigenvalue weighted by Gasteiger charge is -2.31. The van der Waals surface area contributed by atoms with E-state index in [-0.39, 0.29) is 30.6 Å². The average molecular weight is 475 g/mol. The molecule has 1 aliphatic heterocycles. The summed E-state index contributed by atoms with van der Waals surface area (Å²) in [6.07, 6.45) is 0.739. The van der Waals surface area contributed by atoms with Gasteiger partial charge in [0.15, 0.2) is 0 Å². The van der Waals surface area contributed by atoms with Crippen molar-refractivity contribution in [1.29, 1.82) is 0 Å². The molecule has 1 heterocycles. The van der Waals surface area contributed by atoms with Gasteiger partial charge in [-0.1, -0.05) is 42.5 Å². The van der Waals surface area contributed by atoms with Gasteiger partial charge in [0.1, 0.15) is 5.82 Å². The number of carbonyl (C=O) groups is 3. The zero-order valence-electron chi connectivity index (χ0n) is 19.2. The number of nitrogens with zero attached hydrogens (tertiary/aromatic N) is 1. The number of rotatable bonds is 7. The van der Waals surface area contributed by atoms with E-state index in [0.717, 1.165) is 5.56 Å². The number of anilines is 2. The van der Waals surface area contributed by atoms with Gasteiger partial charge >= 0.3 is 0 Å². The summed E-state index contributed by atoms with van der Waals surface area (Å²) in [5.74, 6) is -1.21. The maximum absolute atomic E-state index is 13.6. The first kappa shape index (κ1) is 24.1. The van der Waals surface area contributed by atoms with E-state index < -0.39 is 11.9 Å². The standard InChI is InChI=1S/C27H27FN4O3/c28-21-10-7-19(8-11-21)24-17-25(33)31-22-16-20(27(35)30-15-14-29)9-12-23(22)32(24)26(34)13-6-18-4-2-1-3-5-18/h1-5,7-12,16,24H,6,13-15,17,29H2,(H,30,35)(H,31,33). The van der Waals surface area contributed by atoms with Gasteiger partial charge in [-0.25, -0.2) is 4.39 Å². The summed E-state index contributed by atoms with van der Waals surface area (Å²) in [6.45, 7) is 0.621. The van der Waals surface area contributed by atoms with Crippen LogP contribution in [0, 0.1) is 5.82 Å². The van der Waals surface area contributed by atoms with Crippen molar-refractivity contribution in [3.05, 3.63) is 95.3 Å². The Bertz CT molecular complexity index is 1210. The molecule has 3 amide bonds. The summed E-state index contributed by atoms with van der Waals surface area (Å²) in [6, 6.07) is 19.7. The number of aryl methyl sites for hydroxylation is 1. The van der Waals surface area contributed by atoms with Crippen LogP contribution in [0.2, 0.25) is 0 Å². The van der Waals surface area contributed by atoms with Crippen LogP contribution in [0.15, 0.2) is 72.8 Å². The van der Waals surface area contributed by atoms with Crippen LogP contribution >= 0.6 is 0 Å². The molecular formula is C27H27FN4O3. The molecule has 1 aliphatic rings. The Balaban J connectivity index is 1.72. The first-order valence-electron chi connectivity index (χ1n) is 11.5. The minimum atomic E-state index is -0.628. The van der Waals surface area contributed by atoms with Crippen LogP contribution < -0.4 is 21.3 Å². The second-order valence-corrected chi connectivity index (χ2v) is 8.35. The fourth-order valence-electron chi connectivity index (χ4n) is 4.19. The summed E-state index contributed by atoms with van der Waals surface area (Å²) >= 11 is 0. The molecule has 7 nitrogen and oxygen atoms in total. The lowest BCUT2D eigenvalue weighted by Crippen LogP contribution is -2.35. The van der Waals surface area contributed by atoms with E-state index >= 15 is 0 Å². The zero-order valence-corrected chi connectivity index (χ0v) is 19.2. The van der Waals surface area contributed by atoms with E-state index in [1.165, 1.54) is 12.1 Å². The van der Waals surface area contributed by atoms with Crippen LogP contribution in [0.1, 0.15) is 40.4 Å². The van der Waals surface area contributed by atoms with Crippen LogP contribution in [-0.4, -0.2) is 30.8 Å². The fraction of sp³-hybridized carbons (Fsp3) is 0.222. The Kier molecular flexibility index (Phi) is 7.52. The van der Waals surface area contributed by atoms with Crippen molar-refractivity contribution in [3.8, 4) is 0 Å². The van der Waals surface area contributed by atoms with Crippen LogP contribution in [0.3, 0.4) is 0 Å². The quantitative estimate of drug-likeness (QED) is 0.487. The second kappa shape index (κ2) is 10.9. The minimum Gasteiger partial charge on any atom is -0.351 e. The highest BCUT2D eigenvalue weighted by molar-refractivity contribution is 6.06. The van der Waals surface area contributed by atoms with E-state index in [1.807, 2.05) is 30.3 Å². The molecule has 35 heavy (non-hydrogen) atoms. The van der Waals surface area contributed by atoms with Gasteiger partial charge in [0, 0.05) is 25.1 Å². The Morgan fingerprint density at radius 1 is 1.06 bits per heavy atom. The van der Waals surface area contributed by atoms with Crippen LogP contribution in [0.5, 0.6) is 0 Å². The topological polar surface area (TPSA) is 105 Å². The maximum atomic E-state index is 13.6. The fourth-order valence-corrected chi connectivity index (χ4v) is 4.19. The molecule has 0 spiro atoms. The number of nitrogens with one attached hydrogen (secondary N) is 2. The molecule has 0 bridgehead atoms. The highest BCUT2D eigenvalue weighted by atomic mass is 19.1. The van der Waals surface area contributed by atoms with Gasteiger partial charge < -0.3 is 21.3 Å². The van der Waals surface area contributed by atoms with Gasteiger partial charge in [0.05, 0.1) is 23.8 Å². The summed E-state index contributed by atoms with van der Waals surface area (Å²) in [5, 5.41) is 5.53. The summed E-state index contributed by atoms with van der Waals surface area (Å²) in [7, 11) is 0. The van der Waals surface area contributed by atoms with E-state index in [9.17, 15) is 18.8 Å². The number of fused-ring (bicyclic) bond motifs is 1. The number of halogens is 1. The molecule has 0 fully saturated rings. The molecule has 0 aromatic heterocycles. The zero-order chi connectivity index (χ0) is 24.8. The Morgan fingerprint density at radius 3 is 2.51 bits per heavy atom. The normalized spacial score (nSPS) is 15.1. The van der Waals surface area contributed by atoms with Gasteiger partial charge in [-0.15, -0.1) is 0 Å². The SMILES string of the molecule is NCCNC(=O)c1ccc2c(c1)NC(=O)CC(c1ccc(F)cc1)N2C(=O)CCc1ccccc1. The molecule has 0 radical (unpaired) electrons. The molecule has 1 unspecified atom stereocenters. The number of nitrogens with two attached hydrogens (primary N) is 1. The lowest BCUT2D eigenvalue weighted by atomic mass is 9.99. The van der Waals surface area contributed by atoms with Crippen molar-refractivity contribution in [1.82, 2.24) is 5.32 Å². The highest BCUT2D eigenvalue weighted by Crippen LogP contribution is 2.39. The third kappa shape index (κ3) is 5.73. The Hall–Kier alpha value is -4.04. The van der Waals surface area contributed by atoms with Crippen LogP contribution in [0.25, 0.3) is 0 Å². The molecule has 4 N–H and O–H groups in total. The molecule has 180 valence electrons. The molecule has 3 aromatic rings. The predicted octanol–water partition coefficient (Wildman–Crippen LogP) is 3.56. The summed E-state index contributed by atoms with van der Waals surface area (Å²) < 4.78 is 13.6. The van der Waals surface area contributed by atoms with E-state index in [0.29, 0.717) is 42.0 Å². The Labute approximate surface area is 203 Å². The van der Waals surface area contributed by atoms with Crippen molar-refractivity contribution in [2.75, 3.05) is 23.3 Å². The number of hydrogen-bond donors (Lipinski definition) is 3. The van der Waals surface area contributed by atoms with Gasteiger partial charge in [0.2, 0.25) is 11.8 Å². The maximum Gasteiger partial charge on any atom is 0.251 e. The first-order chi connectivity index (χ1) is 17.0. The molecule has 0 aliphatic carbocycles.